The minimum absolute atomic E-state index is 0. The van der Waals surface area contributed by atoms with Gasteiger partial charge in [-0.1, -0.05) is 18.2 Å². The molecular weight excluding hydrogens is 350 g/mol. The van der Waals surface area contributed by atoms with Crippen LogP contribution in [-0.2, 0) is 6.54 Å². The Kier molecular flexibility index (Phi) is 7.06. The molecule has 1 heterocycles. The zero-order valence-corrected chi connectivity index (χ0v) is 16.0. The van der Waals surface area contributed by atoms with E-state index in [1.54, 1.807) is 26.7 Å². The van der Waals surface area contributed by atoms with Crippen molar-refractivity contribution in [2.24, 2.45) is 0 Å². The lowest BCUT2D eigenvalue weighted by atomic mass is 10.1. The fraction of sp³-hybridized carbons (Fsp3) is 0.250. The Labute approximate surface area is 160 Å². The third-order valence-corrected chi connectivity index (χ3v) is 4.29. The van der Waals surface area contributed by atoms with Crippen molar-refractivity contribution in [3.8, 4) is 17.2 Å². The SMILES string of the molecule is COc1ccc(CNC(C)c2ccc(-n3ccnc3)cc2)c(OC)c1.Cl. The van der Waals surface area contributed by atoms with Crippen LogP contribution in [-0.4, -0.2) is 23.8 Å². The molecule has 0 amide bonds. The summed E-state index contributed by atoms with van der Waals surface area (Å²) in [5, 5.41) is 3.54. The van der Waals surface area contributed by atoms with E-state index in [4.69, 9.17) is 9.47 Å². The molecule has 5 nitrogen and oxygen atoms in total. The molecule has 1 atom stereocenters. The first-order valence-electron chi connectivity index (χ1n) is 8.24. The van der Waals surface area contributed by atoms with E-state index in [2.05, 4.69) is 41.5 Å². The summed E-state index contributed by atoms with van der Waals surface area (Å²) >= 11 is 0. The van der Waals surface area contributed by atoms with E-state index < -0.39 is 0 Å². The van der Waals surface area contributed by atoms with E-state index in [9.17, 15) is 0 Å². The van der Waals surface area contributed by atoms with Crippen LogP contribution in [0.2, 0.25) is 0 Å². The van der Waals surface area contributed by atoms with Crippen LogP contribution in [0.3, 0.4) is 0 Å². The van der Waals surface area contributed by atoms with Gasteiger partial charge in [0.15, 0.2) is 0 Å². The van der Waals surface area contributed by atoms with Crippen molar-refractivity contribution in [3.05, 3.63) is 72.3 Å². The number of ether oxygens (including phenoxy) is 2. The molecule has 0 aliphatic carbocycles. The van der Waals surface area contributed by atoms with Crippen molar-refractivity contribution >= 4 is 12.4 Å². The smallest absolute Gasteiger partial charge is 0.127 e. The maximum Gasteiger partial charge on any atom is 0.127 e. The lowest BCUT2D eigenvalue weighted by Crippen LogP contribution is -2.18. The van der Waals surface area contributed by atoms with Crippen molar-refractivity contribution in [1.29, 1.82) is 0 Å². The van der Waals surface area contributed by atoms with Crippen LogP contribution in [0.25, 0.3) is 5.69 Å². The lowest BCUT2D eigenvalue weighted by Gasteiger charge is -2.17. The van der Waals surface area contributed by atoms with Gasteiger partial charge in [0.2, 0.25) is 0 Å². The standard InChI is InChI=1S/C20H23N3O2.ClH/c1-15(16-4-7-18(8-5-16)23-11-10-21-14-23)22-13-17-6-9-19(24-2)12-20(17)25-3;/h4-12,14-15,22H,13H2,1-3H3;1H. The normalized spacial score (nSPS) is 11.5. The van der Waals surface area contributed by atoms with E-state index in [1.165, 1.54) is 5.56 Å². The number of imidazole rings is 1. The summed E-state index contributed by atoms with van der Waals surface area (Å²) in [5.74, 6) is 1.62. The molecule has 0 radical (unpaired) electrons. The molecule has 3 rings (SSSR count). The Morgan fingerprint density at radius 1 is 1.08 bits per heavy atom. The Morgan fingerprint density at radius 2 is 1.85 bits per heavy atom. The molecule has 1 aromatic heterocycles. The van der Waals surface area contributed by atoms with Crippen LogP contribution >= 0.6 is 12.4 Å². The molecule has 6 heteroatoms. The zero-order valence-electron chi connectivity index (χ0n) is 15.2. The second-order valence-electron chi connectivity index (χ2n) is 5.84. The van der Waals surface area contributed by atoms with E-state index in [0.29, 0.717) is 0 Å². The van der Waals surface area contributed by atoms with Gasteiger partial charge in [-0.2, -0.15) is 0 Å². The molecule has 0 bridgehead atoms. The number of halogens is 1. The van der Waals surface area contributed by atoms with Crippen LogP contribution in [0.15, 0.2) is 61.2 Å². The Bertz CT molecular complexity index is 804. The first-order chi connectivity index (χ1) is 12.2. The number of nitrogens with one attached hydrogen (secondary N) is 1. The topological polar surface area (TPSA) is 48.3 Å². The Morgan fingerprint density at radius 3 is 2.46 bits per heavy atom. The summed E-state index contributed by atoms with van der Waals surface area (Å²) < 4.78 is 12.7. The van der Waals surface area contributed by atoms with Gasteiger partial charge in [0.1, 0.15) is 11.5 Å². The average molecular weight is 374 g/mol. The third-order valence-electron chi connectivity index (χ3n) is 4.29. The summed E-state index contributed by atoms with van der Waals surface area (Å²) in [5.41, 5.74) is 3.44. The van der Waals surface area contributed by atoms with Crippen LogP contribution in [0.1, 0.15) is 24.1 Å². The Hall–Kier alpha value is -2.50. The van der Waals surface area contributed by atoms with Gasteiger partial charge >= 0.3 is 0 Å². The van der Waals surface area contributed by atoms with Gasteiger partial charge in [0, 0.05) is 42.3 Å². The van der Waals surface area contributed by atoms with Crippen molar-refractivity contribution < 1.29 is 9.47 Å². The fourth-order valence-corrected chi connectivity index (χ4v) is 2.73. The minimum Gasteiger partial charge on any atom is -0.497 e. The molecular formula is C20H24ClN3O2. The Balaban J connectivity index is 0.00000243. The van der Waals surface area contributed by atoms with Gasteiger partial charge in [-0.15, -0.1) is 12.4 Å². The predicted octanol–water partition coefficient (Wildman–Crippen LogP) is 4.16. The minimum atomic E-state index is 0. The molecule has 3 aromatic rings. The summed E-state index contributed by atoms with van der Waals surface area (Å²) in [6, 6.07) is 14.6. The number of methoxy groups -OCH3 is 2. The first kappa shape index (κ1) is 19.8. The van der Waals surface area contributed by atoms with Crippen LogP contribution in [0.5, 0.6) is 11.5 Å². The number of benzene rings is 2. The molecule has 0 saturated heterocycles. The predicted molar refractivity (Wildman–Crippen MR) is 106 cm³/mol. The van der Waals surface area contributed by atoms with Gasteiger partial charge in [-0.05, 0) is 30.7 Å². The van der Waals surface area contributed by atoms with E-state index in [0.717, 1.165) is 29.3 Å². The maximum absolute atomic E-state index is 5.45. The summed E-state index contributed by atoms with van der Waals surface area (Å²) in [7, 11) is 3.33. The second-order valence-corrected chi connectivity index (χ2v) is 5.84. The molecule has 138 valence electrons. The van der Waals surface area contributed by atoms with Gasteiger partial charge < -0.3 is 19.4 Å². The third kappa shape index (κ3) is 4.56. The molecule has 0 aliphatic rings. The van der Waals surface area contributed by atoms with Gasteiger partial charge in [-0.3, -0.25) is 0 Å². The van der Waals surface area contributed by atoms with E-state index in [1.807, 2.05) is 29.0 Å². The highest BCUT2D eigenvalue weighted by Crippen LogP contribution is 2.25. The fourth-order valence-electron chi connectivity index (χ4n) is 2.73. The van der Waals surface area contributed by atoms with Crippen LogP contribution < -0.4 is 14.8 Å². The second kappa shape index (κ2) is 9.27. The average Bonchev–Trinajstić information content (AvgIpc) is 3.20. The molecule has 26 heavy (non-hydrogen) atoms. The highest BCUT2D eigenvalue weighted by molar-refractivity contribution is 5.85. The van der Waals surface area contributed by atoms with Gasteiger partial charge in [0.05, 0.1) is 20.5 Å². The van der Waals surface area contributed by atoms with Gasteiger partial charge in [0.25, 0.3) is 0 Å². The van der Waals surface area contributed by atoms with E-state index >= 15 is 0 Å². The van der Waals surface area contributed by atoms with Crippen molar-refractivity contribution in [1.82, 2.24) is 14.9 Å². The number of rotatable bonds is 7. The number of hydrogen-bond donors (Lipinski definition) is 1. The molecule has 1 unspecified atom stereocenters. The molecule has 1 N–H and O–H groups in total. The van der Waals surface area contributed by atoms with Crippen molar-refractivity contribution in [2.45, 2.75) is 19.5 Å². The molecule has 0 aliphatic heterocycles. The number of aromatic nitrogens is 2. The summed E-state index contributed by atoms with van der Waals surface area (Å²) in [6.45, 7) is 2.87. The van der Waals surface area contributed by atoms with E-state index in [-0.39, 0.29) is 18.4 Å². The zero-order chi connectivity index (χ0) is 17.6. The quantitative estimate of drug-likeness (QED) is 0.675. The molecule has 2 aromatic carbocycles. The van der Waals surface area contributed by atoms with Gasteiger partial charge in [-0.25, -0.2) is 4.98 Å². The first-order valence-corrected chi connectivity index (χ1v) is 8.24. The monoisotopic (exact) mass is 373 g/mol. The maximum atomic E-state index is 5.45. The number of hydrogen-bond acceptors (Lipinski definition) is 4. The highest BCUT2D eigenvalue weighted by Gasteiger charge is 2.09. The molecule has 0 spiro atoms. The largest absolute Gasteiger partial charge is 0.497 e. The van der Waals surface area contributed by atoms with Crippen LogP contribution in [0, 0.1) is 0 Å². The number of nitrogens with zero attached hydrogens (tertiary/aromatic N) is 2. The van der Waals surface area contributed by atoms with Crippen molar-refractivity contribution in [2.75, 3.05) is 14.2 Å². The lowest BCUT2D eigenvalue weighted by molar-refractivity contribution is 0.389. The summed E-state index contributed by atoms with van der Waals surface area (Å²) in [4.78, 5) is 4.08. The van der Waals surface area contributed by atoms with Crippen LogP contribution in [0.4, 0.5) is 0 Å². The summed E-state index contributed by atoms with van der Waals surface area (Å²) in [6.07, 6.45) is 5.51. The van der Waals surface area contributed by atoms with Crippen molar-refractivity contribution in [3.63, 3.8) is 0 Å². The highest BCUT2D eigenvalue weighted by atomic mass is 35.5. The molecule has 0 saturated carbocycles. The molecule has 0 fully saturated rings.